The molecule has 0 amide bonds. The van der Waals surface area contributed by atoms with Crippen molar-refractivity contribution in [1.82, 2.24) is 5.32 Å². The Morgan fingerprint density at radius 2 is 1.87 bits per heavy atom. The van der Waals surface area contributed by atoms with E-state index in [4.69, 9.17) is 4.74 Å². The van der Waals surface area contributed by atoms with Crippen molar-refractivity contribution >= 4 is 0 Å². The predicted molar refractivity (Wildman–Crippen MR) is 67.3 cm³/mol. The second-order valence-corrected chi connectivity index (χ2v) is 5.08. The molecule has 0 radical (unpaired) electrons. The van der Waals surface area contributed by atoms with Crippen LogP contribution in [0.15, 0.2) is 0 Å². The molecule has 15 heavy (non-hydrogen) atoms. The molecule has 0 aliphatic carbocycles. The summed E-state index contributed by atoms with van der Waals surface area (Å²) in [5.41, 5.74) is -0.00413. The van der Waals surface area contributed by atoms with Gasteiger partial charge in [-0.3, -0.25) is 0 Å². The van der Waals surface area contributed by atoms with Crippen molar-refractivity contribution in [2.75, 3.05) is 13.7 Å². The minimum absolute atomic E-state index is 0.00413. The monoisotopic (exact) mass is 215 g/mol. The number of hydrogen-bond donors (Lipinski definition) is 1. The standard InChI is InChI=1S/C13H29NO/c1-6-7-8-9-10-14-12(2)11-13(3,4)15-5/h12,14H,6-11H2,1-5H3. The van der Waals surface area contributed by atoms with Gasteiger partial charge in [-0.15, -0.1) is 0 Å². The van der Waals surface area contributed by atoms with E-state index >= 15 is 0 Å². The maximum absolute atomic E-state index is 5.41. The Hall–Kier alpha value is -0.0800. The van der Waals surface area contributed by atoms with Crippen LogP contribution < -0.4 is 5.32 Å². The summed E-state index contributed by atoms with van der Waals surface area (Å²) in [5, 5.41) is 3.55. The van der Waals surface area contributed by atoms with Gasteiger partial charge < -0.3 is 10.1 Å². The summed E-state index contributed by atoms with van der Waals surface area (Å²) in [6, 6.07) is 0.543. The molecule has 0 aliphatic rings. The molecule has 0 fully saturated rings. The summed E-state index contributed by atoms with van der Waals surface area (Å²) in [4.78, 5) is 0. The van der Waals surface area contributed by atoms with Gasteiger partial charge in [0.1, 0.15) is 0 Å². The Bertz CT molecular complexity index is 145. The molecule has 0 spiro atoms. The van der Waals surface area contributed by atoms with Crippen LogP contribution in [0.1, 0.15) is 59.8 Å². The van der Waals surface area contributed by atoms with Crippen molar-refractivity contribution in [3.63, 3.8) is 0 Å². The number of rotatable bonds is 9. The number of nitrogens with one attached hydrogen (secondary N) is 1. The third-order valence-electron chi connectivity index (χ3n) is 2.87. The molecule has 0 aromatic carbocycles. The molecule has 2 nitrogen and oxygen atoms in total. The van der Waals surface area contributed by atoms with Gasteiger partial charge in [-0.1, -0.05) is 26.2 Å². The van der Waals surface area contributed by atoms with Crippen molar-refractivity contribution in [1.29, 1.82) is 0 Å². The van der Waals surface area contributed by atoms with E-state index in [1.807, 2.05) is 0 Å². The highest BCUT2D eigenvalue weighted by atomic mass is 16.5. The van der Waals surface area contributed by atoms with Gasteiger partial charge in [0, 0.05) is 13.2 Å². The zero-order valence-electron chi connectivity index (χ0n) is 11.2. The molecule has 2 heteroatoms. The average Bonchev–Trinajstić information content (AvgIpc) is 2.17. The molecular weight excluding hydrogens is 186 g/mol. The first-order chi connectivity index (χ1) is 7.02. The number of ether oxygens (including phenoxy) is 1. The lowest BCUT2D eigenvalue weighted by molar-refractivity contribution is 0.00859. The lowest BCUT2D eigenvalue weighted by Gasteiger charge is -2.27. The van der Waals surface area contributed by atoms with Gasteiger partial charge >= 0.3 is 0 Å². The zero-order chi connectivity index (χ0) is 11.7. The van der Waals surface area contributed by atoms with Crippen LogP contribution in [0.4, 0.5) is 0 Å². The highest BCUT2D eigenvalue weighted by Crippen LogP contribution is 2.15. The Balaban J connectivity index is 3.45. The zero-order valence-corrected chi connectivity index (χ0v) is 11.2. The van der Waals surface area contributed by atoms with Crippen LogP contribution in [0, 0.1) is 0 Å². The fourth-order valence-electron chi connectivity index (χ4n) is 1.79. The summed E-state index contributed by atoms with van der Waals surface area (Å²) in [6.07, 6.45) is 6.39. The number of hydrogen-bond acceptors (Lipinski definition) is 2. The summed E-state index contributed by atoms with van der Waals surface area (Å²) in [5.74, 6) is 0. The van der Waals surface area contributed by atoms with Gasteiger partial charge in [0.25, 0.3) is 0 Å². The van der Waals surface area contributed by atoms with E-state index in [1.54, 1.807) is 7.11 Å². The third kappa shape index (κ3) is 8.88. The van der Waals surface area contributed by atoms with Gasteiger partial charge in [-0.05, 0) is 40.2 Å². The van der Waals surface area contributed by atoms with E-state index in [-0.39, 0.29) is 5.60 Å². The molecule has 0 saturated heterocycles. The summed E-state index contributed by atoms with van der Waals surface area (Å²) in [6.45, 7) is 9.91. The highest BCUT2D eigenvalue weighted by molar-refractivity contribution is 4.75. The fraction of sp³-hybridized carbons (Fsp3) is 1.00. The smallest absolute Gasteiger partial charge is 0.0637 e. The van der Waals surface area contributed by atoms with Gasteiger partial charge in [0.15, 0.2) is 0 Å². The molecule has 0 rings (SSSR count). The van der Waals surface area contributed by atoms with E-state index in [1.165, 1.54) is 25.7 Å². The first-order valence-electron chi connectivity index (χ1n) is 6.30. The van der Waals surface area contributed by atoms with Crippen molar-refractivity contribution in [3.05, 3.63) is 0 Å². The fourth-order valence-corrected chi connectivity index (χ4v) is 1.79. The first kappa shape index (κ1) is 14.9. The van der Waals surface area contributed by atoms with E-state index in [0.29, 0.717) is 6.04 Å². The number of unbranched alkanes of at least 4 members (excludes halogenated alkanes) is 3. The molecule has 0 aromatic heterocycles. The van der Waals surface area contributed by atoms with Gasteiger partial charge in [0.2, 0.25) is 0 Å². The minimum Gasteiger partial charge on any atom is -0.379 e. The topological polar surface area (TPSA) is 21.3 Å². The van der Waals surface area contributed by atoms with Crippen molar-refractivity contribution in [2.24, 2.45) is 0 Å². The first-order valence-corrected chi connectivity index (χ1v) is 6.30. The Morgan fingerprint density at radius 3 is 2.40 bits per heavy atom. The van der Waals surface area contributed by atoms with Gasteiger partial charge in [-0.2, -0.15) is 0 Å². The maximum atomic E-state index is 5.41. The molecule has 1 unspecified atom stereocenters. The van der Waals surface area contributed by atoms with E-state index in [0.717, 1.165) is 13.0 Å². The normalized spacial score (nSPS) is 14.2. The molecule has 0 heterocycles. The van der Waals surface area contributed by atoms with Crippen LogP contribution >= 0.6 is 0 Å². The quantitative estimate of drug-likeness (QED) is 0.595. The van der Waals surface area contributed by atoms with Crippen LogP contribution in [0.25, 0.3) is 0 Å². The van der Waals surface area contributed by atoms with E-state index < -0.39 is 0 Å². The minimum atomic E-state index is -0.00413. The maximum Gasteiger partial charge on any atom is 0.0637 e. The summed E-state index contributed by atoms with van der Waals surface area (Å²) < 4.78 is 5.41. The number of methoxy groups -OCH3 is 1. The molecule has 0 aliphatic heterocycles. The van der Waals surface area contributed by atoms with E-state index in [2.05, 4.69) is 33.0 Å². The molecule has 1 atom stereocenters. The third-order valence-corrected chi connectivity index (χ3v) is 2.87. The van der Waals surface area contributed by atoms with Crippen LogP contribution in [0.3, 0.4) is 0 Å². The molecule has 0 bridgehead atoms. The Morgan fingerprint density at radius 1 is 1.20 bits per heavy atom. The second-order valence-electron chi connectivity index (χ2n) is 5.08. The summed E-state index contributed by atoms with van der Waals surface area (Å²) in [7, 11) is 1.79. The molecule has 92 valence electrons. The molecular formula is C13H29NO. The van der Waals surface area contributed by atoms with Crippen LogP contribution in [0.2, 0.25) is 0 Å². The van der Waals surface area contributed by atoms with Crippen LogP contribution in [-0.2, 0) is 4.74 Å². The largest absolute Gasteiger partial charge is 0.379 e. The van der Waals surface area contributed by atoms with Crippen molar-refractivity contribution in [3.8, 4) is 0 Å². The van der Waals surface area contributed by atoms with Crippen molar-refractivity contribution in [2.45, 2.75) is 71.4 Å². The average molecular weight is 215 g/mol. The van der Waals surface area contributed by atoms with Crippen LogP contribution in [0.5, 0.6) is 0 Å². The molecule has 0 aromatic rings. The molecule has 1 N–H and O–H groups in total. The van der Waals surface area contributed by atoms with Gasteiger partial charge in [0.05, 0.1) is 5.60 Å². The second kappa shape index (κ2) is 8.12. The van der Waals surface area contributed by atoms with Crippen molar-refractivity contribution < 1.29 is 4.74 Å². The lowest BCUT2D eigenvalue weighted by atomic mass is 10.00. The Kier molecular flexibility index (Phi) is 8.07. The van der Waals surface area contributed by atoms with Gasteiger partial charge in [-0.25, -0.2) is 0 Å². The molecule has 0 saturated carbocycles. The Labute approximate surface area is 95.8 Å². The summed E-state index contributed by atoms with van der Waals surface area (Å²) >= 11 is 0. The highest BCUT2D eigenvalue weighted by Gasteiger charge is 2.19. The van der Waals surface area contributed by atoms with Crippen LogP contribution in [-0.4, -0.2) is 25.3 Å². The van der Waals surface area contributed by atoms with E-state index in [9.17, 15) is 0 Å². The predicted octanol–water partition coefficient (Wildman–Crippen LogP) is 3.36. The SMILES string of the molecule is CCCCCCNC(C)CC(C)(C)OC. The lowest BCUT2D eigenvalue weighted by Crippen LogP contribution is -2.36.